The molecule has 0 spiro atoms. The molecule has 0 bridgehead atoms. The molecule has 1 aromatic carbocycles. The molecule has 0 atom stereocenters. The summed E-state index contributed by atoms with van der Waals surface area (Å²) in [7, 11) is 0. The van der Waals surface area contributed by atoms with Gasteiger partial charge >= 0.3 is 0 Å². The van der Waals surface area contributed by atoms with Crippen LogP contribution in [0.4, 0.5) is 0 Å². The highest BCUT2D eigenvalue weighted by Crippen LogP contribution is 2.11. The lowest BCUT2D eigenvalue weighted by molar-refractivity contribution is 0.319. The Morgan fingerprint density at radius 2 is 1.92 bits per heavy atom. The first-order valence-electron chi connectivity index (χ1n) is 4.08. The highest BCUT2D eigenvalue weighted by atomic mass is 79.9. The lowest BCUT2D eigenvalue weighted by atomic mass is 10.2. The molecule has 0 saturated heterocycles. The maximum absolute atomic E-state index is 5.47. The molecule has 0 aliphatic carbocycles. The van der Waals surface area contributed by atoms with Crippen molar-refractivity contribution >= 4 is 15.9 Å². The van der Waals surface area contributed by atoms with E-state index in [1.165, 1.54) is 5.56 Å². The van der Waals surface area contributed by atoms with Gasteiger partial charge in [-0.15, -0.1) is 0 Å². The summed E-state index contributed by atoms with van der Waals surface area (Å²) in [4.78, 5) is 0. The molecule has 0 N–H and O–H groups in total. The van der Waals surface area contributed by atoms with E-state index in [1.54, 1.807) is 0 Å². The SMILES string of the molecule is Cc1ccc(OCCCBr)cc1. The van der Waals surface area contributed by atoms with Crippen LogP contribution in [0.3, 0.4) is 0 Å². The van der Waals surface area contributed by atoms with Gasteiger partial charge in [0, 0.05) is 5.33 Å². The number of ether oxygens (including phenoxy) is 1. The average molecular weight is 229 g/mol. The number of aryl methyl sites for hydroxylation is 1. The molecule has 2 heteroatoms. The Morgan fingerprint density at radius 1 is 1.25 bits per heavy atom. The van der Waals surface area contributed by atoms with Crippen molar-refractivity contribution in [3.05, 3.63) is 29.8 Å². The molecule has 0 saturated carbocycles. The minimum atomic E-state index is 0.786. The van der Waals surface area contributed by atoms with E-state index < -0.39 is 0 Å². The molecule has 1 aromatic rings. The van der Waals surface area contributed by atoms with E-state index in [1.807, 2.05) is 12.1 Å². The number of hydrogen-bond donors (Lipinski definition) is 0. The maximum atomic E-state index is 5.47. The van der Waals surface area contributed by atoms with Crippen molar-refractivity contribution in [3.8, 4) is 5.75 Å². The van der Waals surface area contributed by atoms with Crippen LogP contribution < -0.4 is 4.74 Å². The third kappa shape index (κ3) is 3.26. The van der Waals surface area contributed by atoms with Gasteiger partial charge in [0.15, 0.2) is 0 Å². The summed E-state index contributed by atoms with van der Waals surface area (Å²) in [6.07, 6.45) is 1.05. The summed E-state index contributed by atoms with van der Waals surface area (Å²) in [6.45, 7) is 2.86. The molecule has 12 heavy (non-hydrogen) atoms. The van der Waals surface area contributed by atoms with Gasteiger partial charge in [-0.2, -0.15) is 0 Å². The molecule has 0 aliphatic heterocycles. The molecule has 1 rings (SSSR count). The Balaban J connectivity index is 2.37. The summed E-state index contributed by atoms with van der Waals surface area (Å²) in [5.41, 5.74) is 1.27. The van der Waals surface area contributed by atoms with Crippen LogP contribution in [0.25, 0.3) is 0 Å². The Morgan fingerprint density at radius 3 is 2.50 bits per heavy atom. The van der Waals surface area contributed by atoms with Crippen molar-refractivity contribution in [2.45, 2.75) is 13.3 Å². The van der Waals surface area contributed by atoms with Gasteiger partial charge < -0.3 is 4.74 Å². The minimum Gasteiger partial charge on any atom is -0.494 e. The van der Waals surface area contributed by atoms with Crippen molar-refractivity contribution < 1.29 is 4.74 Å². The summed E-state index contributed by atoms with van der Waals surface area (Å²) >= 11 is 3.35. The predicted molar refractivity (Wildman–Crippen MR) is 55.1 cm³/mol. The molecule has 0 aliphatic rings. The fraction of sp³-hybridized carbons (Fsp3) is 0.400. The average Bonchev–Trinajstić information content (AvgIpc) is 2.09. The molecule has 0 radical (unpaired) electrons. The second kappa shape index (κ2) is 5.20. The first kappa shape index (κ1) is 9.59. The van der Waals surface area contributed by atoms with Crippen LogP contribution in [-0.4, -0.2) is 11.9 Å². The minimum absolute atomic E-state index is 0.786. The molecule has 0 fully saturated rings. The quantitative estimate of drug-likeness (QED) is 0.569. The molecule has 0 unspecified atom stereocenters. The Hall–Kier alpha value is -0.500. The van der Waals surface area contributed by atoms with E-state index in [2.05, 4.69) is 35.0 Å². The molecule has 1 nitrogen and oxygen atoms in total. The summed E-state index contributed by atoms with van der Waals surface area (Å²) < 4.78 is 5.47. The van der Waals surface area contributed by atoms with Crippen LogP contribution in [-0.2, 0) is 0 Å². The number of hydrogen-bond acceptors (Lipinski definition) is 1. The van der Waals surface area contributed by atoms with Gasteiger partial charge in [-0.3, -0.25) is 0 Å². The van der Waals surface area contributed by atoms with Gasteiger partial charge in [-0.25, -0.2) is 0 Å². The summed E-state index contributed by atoms with van der Waals surface area (Å²) in [5, 5.41) is 0.999. The topological polar surface area (TPSA) is 9.23 Å². The van der Waals surface area contributed by atoms with E-state index in [4.69, 9.17) is 4.74 Å². The smallest absolute Gasteiger partial charge is 0.119 e. The van der Waals surface area contributed by atoms with E-state index >= 15 is 0 Å². The fourth-order valence-electron chi connectivity index (χ4n) is 0.879. The van der Waals surface area contributed by atoms with Crippen molar-refractivity contribution in [2.75, 3.05) is 11.9 Å². The number of halogens is 1. The maximum Gasteiger partial charge on any atom is 0.119 e. The number of benzene rings is 1. The van der Waals surface area contributed by atoms with Gasteiger partial charge in [-0.1, -0.05) is 33.6 Å². The zero-order valence-electron chi connectivity index (χ0n) is 7.22. The molecular weight excluding hydrogens is 216 g/mol. The highest BCUT2D eigenvalue weighted by molar-refractivity contribution is 9.09. The van der Waals surface area contributed by atoms with Crippen LogP contribution in [0.1, 0.15) is 12.0 Å². The zero-order valence-corrected chi connectivity index (χ0v) is 8.80. The number of rotatable bonds is 4. The molecular formula is C10H13BrO. The van der Waals surface area contributed by atoms with Crippen LogP contribution in [0, 0.1) is 6.92 Å². The summed E-state index contributed by atoms with van der Waals surface area (Å²) in [6, 6.07) is 8.13. The normalized spacial score (nSPS) is 9.83. The Kier molecular flexibility index (Phi) is 4.15. The third-order valence-electron chi connectivity index (χ3n) is 1.57. The molecule has 66 valence electrons. The van der Waals surface area contributed by atoms with Gasteiger partial charge in [0.05, 0.1) is 6.61 Å². The Labute approximate surface area is 81.9 Å². The van der Waals surface area contributed by atoms with Crippen LogP contribution in [0.2, 0.25) is 0 Å². The van der Waals surface area contributed by atoms with Gasteiger partial charge in [0.1, 0.15) is 5.75 Å². The second-order valence-electron chi connectivity index (χ2n) is 2.70. The van der Waals surface area contributed by atoms with Crippen molar-refractivity contribution in [2.24, 2.45) is 0 Å². The van der Waals surface area contributed by atoms with Gasteiger partial charge in [0.2, 0.25) is 0 Å². The molecule has 0 aromatic heterocycles. The van der Waals surface area contributed by atoms with Crippen LogP contribution >= 0.6 is 15.9 Å². The predicted octanol–water partition coefficient (Wildman–Crippen LogP) is 3.16. The van der Waals surface area contributed by atoms with E-state index in [9.17, 15) is 0 Å². The van der Waals surface area contributed by atoms with Crippen molar-refractivity contribution in [3.63, 3.8) is 0 Å². The highest BCUT2D eigenvalue weighted by Gasteiger charge is 1.91. The third-order valence-corrected chi connectivity index (χ3v) is 2.13. The van der Waals surface area contributed by atoms with E-state index in [0.717, 1.165) is 24.1 Å². The lowest BCUT2D eigenvalue weighted by Gasteiger charge is -2.04. The van der Waals surface area contributed by atoms with Gasteiger partial charge in [-0.05, 0) is 25.5 Å². The summed E-state index contributed by atoms with van der Waals surface area (Å²) in [5.74, 6) is 0.960. The first-order valence-corrected chi connectivity index (χ1v) is 5.20. The zero-order chi connectivity index (χ0) is 8.81. The Bertz CT molecular complexity index is 218. The van der Waals surface area contributed by atoms with Crippen LogP contribution in [0.15, 0.2) is 24.3 Å². The van der Waals surface area contributed by atoms with Gasteiger partial charge in [0.25, 0.3) is 0 Å². The van der Waals surface area contributed by atoms with Crippen LogP contribution in [0.5, 0.6) is 5.75 Å². The second-order valence-corrected chi connectivity index (χ2v) is 3.50. The largest absolute Gasteiger partial charge is 0.494 e. The standard InChI is InChI=1S/C10H13BrO/c1-9-3-5-10(6-4-9)12-8-2-7-11/h3-6H,2,7-8H2,1H3. The lowest BCUT2D eigenvalue weighted by Crippen LogP contribution is -1.97. The number of alkyl halides is 1. The monoisotopic (exact) mass is 228 g/mol. The molecule has 0 heterocycles. The fourth-order valence-corrected chi connectivity index (χ4v) is 1.11. The van der Waals surface area contributed by atoms with E-state index in [-0.39, 0.29) is 0 Å². The van der Waals surface area contributed by atoms with E-state index in [0.29, 0.717) is 0 Å². The van der Waals surface area contributed by atoms with Crippen molar-refractivity contribution in [1.82, 2.24) is 0 Å². The van der Waals surface area contributed by atoms with Crippen molar-refractivity contribution in [1.29, 1.82) is 0 Å². The first-order chi connectivity index (χ1) is 5.83. The molecule has 0 amide bonds.